The molecular weight excluding hydrogens is 416 g/mol. The van der Waals surface area contributed by atoms with Gasteiger partial charge in [-0.1, -0.05) is 25.0 Å². The Morgan fingerprint density at radius 3 is 2.19 bits per heavy atom. The molecule has 2 atom stereocenters. The number of amides is 2. The van der Waals surface area contributed by atoms with E-state index >= 15 is 0 Å². The van der Waals surface area contributed by atoms with Gasteiger partial charge in [0.15, 0.2) is 0 Å². The van der Waals surface area contributed by atoms with Crippen molar-refractivity contribution in [1.29, 1.82) is 0 Å². The van der Waals surface area contributed by atoms with Crippen molar-refractivity contribution in [3.63, 3.8) is 0 Å². The number of rotatable bonds is 6. The summed E-state index contributed by atoms with van der Waals surface area (Å²) in [6.07, 6.45) is 3.45. The largest absolute Gasteiger partial charge is 0.497 e. The third kappa shape index (κ3) is 4.17. The van der Waals surface area contributed by atoms with Gasteiger partial charge in [0.2, 0.25) is 11.8 Å². The van der Waals surface area contributed by atoms with Crippen molar-refractivity contribution in [2.45, 2.75) is 44.0 Å². The zero-order valence-corrected chi connectivity index (χ0v) is 18.4. The molecule has 2 aromatic carbocycles. The van der Waals surface area contributed by atoms with Gasteiger partial charge < -0.3 is 4.74 Å². The van der Waals surface area contributed by atoms with Crippen LogP contribution in [0, 0.1) is 18.8 Å². The highest BCUT2D eigenvalue weighted by molar-refractivity contribution is 7.92. The molecule has 0 bridgehead atoms. The minimum absolute atomic E-state index is 0.0933. The summed E-state index contributed by atoms with van der Waals surface area (Å²) in [7, 11) is -2.31. The van der Waals surface area contributed by atoms with Gasteiger partial charge in [-0.15, -0.1) is 0 Å². The number of fused-ring (bicyclic) bond motifs is 1. The highest BCUT2D eigenvalue weighted by Gasteiger charge is 2.47. The van der Waals surface area contributed by atoms with E-state index < -0.39 is 10.0 Å². The average Bonchev–Trinajstić information content (AvgIpc) is 3.00. The molecule has 0 aromatic heterocycles. The first-order valence-corrected chi connectivity index (χ1v) is 11.9. The lowest BCUT2D eigenvalue weighted by atomic mass is 9.81. The molecule has 1 heterocycles. The van der Waals surface area contributed by atoms with Crippen molar-refractivity contribution in [3.8, 4) is 5.75 Å². The number of benzene rings is 2. The Kier molecular flexibility index (Phi) is 5.75. The molecule has 0 unspecified atom stereocenters. The van der Waals surface area contributed by atoms with Crippen LogP contribution in [0.3, 0.4) is 0 Å². The smallest absolute Gasteiger partial charge is 0.262 e. The van der Waals surface area contributed by atoms with E-state index in [2.05, 4.69) is 4.72 Å². The van der Waals surface area contributed by atoms with Gasteiger partial charge in [-0.3, -0.25) is 19.2 Å². The quantitative estimate of drug-likeness (QED) is 0.692. The van der Waals surface area contributed by atoms with Crippen molar-refractivity contribution >= 4 is 27.5 Å². The number of sulfonamides is 1. The molecule has 164 valence electrons. The van der Waals surface area contributed by atoms with Gasteiger partial charge in [-0.05, 0) is 61.2 Å². The molecule has 1 saturated heterocycles. The van der Waals surface area contributed by atoms with Crippen LogP contribution in [-0.4, -0.2) is 32.2 Å². The Morgan fingerprint density at radius 2 is 1.61 bits per heavy atom. The standard InChI is InChI=1S/C23H26N2O5S/c1-15-7-8-16(14-25-22(26)19-5-3-4-6-20(19)23(25)27)13-21(15)31(28,29)24-17-9-11-18(30-2)12-10-17/h7-13,19-20,24H,3-6,14H2,1-2H3/t19-,20-/m1/s1. The number of hydrogen-bond donors (Lipinski definition) is 1. The molecule has 2 aromatic rings. The van der Waals surface area contributed by atoms with Crippen LogP contribution < -0.4 is 9.46 Å². The predicted octanol–water partition coefficient (Wildman–Crippen LogP) is 3.48. The second-order valence-corrected chi connectivity index (χ2v) is 9.84. The normalized spacial score (nSPS) is 21.2. The lowest BCUT2D eigenvalue weighted by Gasteiger charge is -2.19. The maximum absolute atomic E-state index is 13.0. The van der Waals surface area contributed by atoms with E-state index in [9.17, 15) is 18.0 Å². The minimum Gasteiger partial charge on any atom is -0.497 e. The van der Waals surface area contributed by atoms with Crippen LogP contribution in [0.15, 0.2) is 47.4 Å². The monoisotopic (exact) mass is 442 g/mol. The summed E-state index contributed by atoms with van der Waals surface area (Å²) >= 11 is 0. The summed E-state index contributed by atoms with van der Waals surface area (Å²) in [5.41, 5.74) is 1.61. The van der Waals surface area contributed by atoms with E-state index in [1.165, 1.54) is 4.90 Å². The maximum Gasteiger partial charge on any atom is 0.262 e. The summed E-state index contributed by atoms with van der Waals surface area (Å²) in [6, 6.07) is 11.6. The second-order valence-electron chi connectivity index (χ2n) is 8.19. The molecule has 2 fully saturated rings. The van der Waals surface area contributed by atoms with Crippen LogP contribution in [0.25, 0.3) is 0 Å². The average molecular weight is 443 g/mol. The van der Waals surface area contributed by atoms with Crippen molar-refractivity contribution in [3.05, 3.63) is 53.6 Å². The first-order chi connectivity index (χ1) is 14.8. The highest BCUT2D eigenvalue weighted by atomic mass is 32.2. The molecule has 8 heteroatoms. The van der Waals surface area contributed by atoms with Gasteiger partial charge in [0.25, 0.3) is 10.0 Å². The van der Waals surface area contributed by atoms with E-state index in [-0.39, 0.29) is 35.1 Å². The number of carbonyl (C=O) groups is 2. The number of hydrogen-bond acceptors (Lipinski definition) is 5. The molecule has 1 N–H and O–H groups in total. The molecular formula is C23H26N2O5S. The Bertz CT molecular complexity index is 1090. The van der Waals surface area contributed by atoms with Crippen molar-refractivity contribution in [1.82, 2.24) is 4.90 Å². The van der Waals surface area contributed by atoms with Crippen LogP contribution >= 0.6 is 0 Å². The molecule has 0 radical (unpaired) electrons. The topological polar surface area (TPSA) is 92.8 Å². The van der Waals surface area contributed by atoms with Crippen molar-refractivity contribution < 1.29 is 22.7 Å². The number of aryl methyl sites for hydroxylation is 1. The first-order valence-electron chi connectivity index (χ1n) is 10.4. The molecule has 1 aliphatic heterocycles. The summed E-state index contributed by atoms with van der Waals surface area (Å²) in [5.74, 6) is -0.0630. The van der Waals surface area contributed by atoms with Crippen LogP contribution in [0.1, 0.15) is 36.8 Å². The predicted molar refractivity (Wildman–Crippen MR) is 116 cm³/mol. The van der Waals surface area contributed by atoms with Gasteiger partial charge in [-0.25, -0.2) is 8.42 Å². The fourth-order valence-corrected chi connectivity index (χ4v) is 5.83. The number of nitrogens with zero attached hydrogens (tertiary/aromatic N) is 1. The highest BCUT2D eigenvalue weighted by Crippen LogP contribution is 2.38. The summed E-state index contributed by atoms with van der Waals surface area (Å²) in [5, 5.41) is 0. The minimum atomic E-state index is -3.85. The number of methoxy groups -OCH3 is 1. The van der Waals surface area contributed by atoms with Gasteiger partial charge >= 0.3 is 0 Å². The second kappa shape index (κ2) is 8.34. The third-order valence-electron chi connectivity index (χ3n) is 6.16. The van der Waals surface area contributed by atoms with Gasteiger partial charge in [0.05, 0.1) is 30.4 Å². The number of anilines is 1. The molecule has 2 amide bonds. The lowest BCUT2D eigenvalue weighted by Crippen LogP contribution is -2.30. The molecule has 7 nitrogen and oxygen atoms in total. The van der Waals surface area contributed by atoms with Gasteiger partial charge in [0.1, 0.15) is 5.75 Å². The molecule has 1 saturated carbocycles. The van der Waals surface area contributed by atoms with Gasteiger partial charge in [0, 0.05) is 5.69 Å². The first kappa shape index (κ1) is 21.4. The molecule has 31 heavy (non-hydrogen) atoms. The van der Waals surface area contributed by atoms with E-state index in [1.54, 1.807) is 56.5 Å². The fourth-order valence-electron chi connectivity index (χ4n) is 4.47. The van der Waals surface area contributed by atoms with Crippen molar-refractivity contribution in [2.75, 3.05) is 11.8 Å². The van der Waals surface area contributed by atoms with Crippen LogP contribution in [0.2, 0.25) is 0 Å². The number of likely N-dealkylation sites (tertiary alicyclic amines) is 1. The zero-order chi connectivity index (χ0) is 22.2. The lowest BCUT2D eigenvalue weighted by molar-refractivity contribution is -0.140. The number of carbonyl (C=O) groups excluding carboxylic acids is 2. The third-order valence-corrected chi connectivity index (χ3v) is 7.68. The molecule has 1 aliphatic carbocycles. The summed E-state index contributed by atoms with van der Waals surface area (Å²) in [4.78, 5) is 26.9. The number of ether oxygens (including phenoxy) is 1. The zero-order valence-electron chi connectivity index (χ0n) is 17.6. The van der Waals surface area contributed by atoms with Crippen molar-refractivity contribution in [2.24, 2.45) is 11.8 Å². The van der Waals surface area contributed by atoms with Crippen LogP contribution in [0.5, 0.6) is 5.75 Å². The summed E-state index contributed by atoms with van der Waals surface area (Å²) in [6.45, 7) is 1.81. The Balaban J connectivity index is 1.56. The Morgan fingerprint density at radius 1 is 1.00 bits per heavy atom. The maximum atomic E-state index is 13.0. The van der Waals surface area contributed by atoms with E-state index in [0.29, 0.717) is 22.6 Å². The molecule has 4 rings (SSSR count). The van der Waals surface area contributed by atoms with Crippen LogP contribution in [0.4, 0.5) is 5.69 Å². The Hall–Kier alpha value is -2.87. The number of nitrogens with one attached hydrogen (secondary N) is 1. The van der Waals surface area contributed by atoms with Gasteiger partial charge in [-0.2, -0.15) is 0 Å². The van der Waals surface area contributed by atoms with E-state index in [4.69, 9.17) is 4.74 Å². The SMILES string of the molecule is COc1ccc(NS(=O)(=O)c2cc(CN3C(=O)[C@@H]4CCCC[C@H]4C3=O)ccc2C)cc1. The van der Waals surface area contributed by atoms with E-state index in [0.717, 1.165) is 25.7 Å². The van der Waals surface area contributed by atoms with Crippen LogP contribution in [-0.2, 0) is 26.2 Å². The Labute approximate surface area is 182 Å². The fraction of sp³-hybridized carbons (Fsp3) is 0.391. The summed E-state index contributed by atoms with van der Waals surface area (Å²) < 4.78 is 33.7. The molecule has 0 spiro atoms. The molecule has 2 aliphatic rings. The van der Waals surface area contributed by atoms with E-state index in [1.807, 2.05) is 0 Å². The number of imide groups is 1.